The van der Waals surface area contributed by atoms with Gasteiger partial charge in [-0.05, 0) is 6.92 Å². The van der Waals surface area contributed by atoms with Gasteiger partial charge in [0.25, 0.3) is 0 Å². The van der Waals surface area contributed by atoms with Crippen LogP contribution in [0.2, 0.25) is 0 Å². The molecule has 20 heavy (non-hydrogen) atoms. The highest BCUT2D eigenvalue weighted by Crippen LogP contribution is 2.06. The van der Waals surface area contributed by atoms with Gasteiger partial charge in [-0.15, -0.1) is 10.2 Å². The number of nitrogens with zero attached hydrogens (tertiary/aromatic N) is 3. The number of aryl methyl sites for hydroxylation is 1. The smallest absolute Gasteiger partial charge is 0.322 e. The second kappa shape index (κ2) is 7.07. The van der Waals surface area contributed by atoms with Crippen LogP contribution in [-0.4, -0.2) is 50.9 Å². The summed E-state index contributed by atoms with van der Waals surface area (Å²) in [5.41, 5.74) is 0. The Morgan fingerprint density at radius 1 is 1.35 bits per heavy atom. The fourth-order valence-electron chi connectivity index (χ4n) is 1.39. The minimum absolute atomic E-state index is 0.315. The Morgan fingerprint density at radius 2 is 2.05 bits per heavy atom. The minimum atomic E-state index is -1.15. The molecule has 1 rings (SSSR count). The molecule has 0 fully saturated rings. The number of carbonyl (C=O) groups is 3. The molecule has 0 radical (unpaired) electrons. The number of carbonyl (C=O) groups excluding carboxylic acids is 2. The van der Waals surface area contributed by atoms with E-state index >= 15 is 0 Å². The van der Waals surface area contributed by atoms with Gasteiger partial charge in [0.15, 0.2) is 5.82 Å². The van der Waals surface area contributed by atoms with E-state index in [-0.39, 0.29) is 12.6 Å². The molecule has 10 heteroatoms. The molecule has 1 atom stereocenters. The number of aromatic nitrogens is 3. The maximum absolute atomic E-state index is 11.5. The molecule has 0 aromatic carbocycles. The summed E-state index contributed by atoms with van der Waals surface area (Å²) in [5.74, 6) is -1.18. The van der Waals surface area contributed by atoms with Gasteiger partial charge >= 0.3 is 12.0 Å². The zero-order chi connectivity index (χ0) is 15.1. The number of aliphatic carboxylic acids is 1. The van der Waals surface area contributed by atoms with Crippen molar-refractivity contribution in [3.8, 4) is 0 Å². The van der Waals surface area contributed by atoms with E-state index in [0.717, 1.165) is 0 Å². The van der Waals surface area contributed by atoms with Crippen LogP contribution in [0, 0.1) is 0 Å². The van der Waals surface area contributed by atoms with E-state index in [9.17, 15) is 14.4 Å². The summed E-state index contributed by atoms with van der Waals surface area (Å²) in [6.07, 6.45) is 1.50. The van der Waals surface area contributed by atoms with Crippen LogP contribution in [0.1, 0.15) is 18.8 Å². The Balaban J connectivity index is 2.32. The third-order valence-corrected chi connectivity index (χ3v) is 2.33. The van der Waals surface area contributed by atoms with Crippen molar-refractivity contribution in [3.63, 3.8) is 0 Å². The lowest BCUT2D eigenvalue weighted by Crippen LogP contribution is -2.44. The van der Waals surface area contributed by atoms with Crippen LogP contribution in [0.5, 0.6) is 0 Å². The van der Waals surface area contributed by atoms with Gasteiger partial charge in [-0.1, -0.05) is 0 Å². The van der Waals surface area contributed by atoms with Crippen LogP contribution in [0.25, 0.3) is 0 Å². The van der Waals surface area contributed by atoms with Crippen LogP contribution in [0.15, 0.2) is 6.33 Å². The van der Waals surface area contributed by atoms with Crippen molar-refractivity contribution in [2.45, 2.75) is 13.0 Å². The first-order chi connectivity index (χ1) is 9.40. The topological polar surface area (TPSA) is 138 Å². The fourth-order valence-corrected chi connectivity index (χ4v) is 1.39. The molecule has 3 amide bonds. The number of hydrogen-bond acceptors (Lipinski definition) is 5. The first-order valence-electron chi connectivity index (χ1n) is 5.77. The summed E-state index contributed by atoms with van der Waals surface area (Å²) in [6, 6.07) is -0.949. The summed E-state index contributed by atoms with van der Waals surface area (Å²) in [6.45, 7) is 0.913. The number of carboxylic acids is 1. The van der Waals surface area contributed by atoms with Crippen LogP contribution < -0.4 is 16.0 Å². The minimum Gasteiger partial charge on any atom is -0.480 e. The van der Waals surface area contributed by atoms with Gasteiger partial charge in [0.2, 0.25) is 5.91 Å². The number of urea groups is 1. The van der Waals surface area contributed by atoms with Crippen molar-refractivity contribution in [1.82, 2.24) is 30.7 Å². The van der Waals surface area contributed by atoms with Gasteiger partial charge in [-0.25, -0.2) is 4.79 Å². The Morgan fingerprint density at radius 3 is 2.60 bits per heavy atom. The first kappa shape index (κ1) is 15.4. The highest BCUT2D eigenvalue weighted by atomic mass is 16.4. The molecular weight excluding hydrogens is 268 g/mol. The molecule has 110 valence electrons. The van der Waals surface area contributed by atoms with Crippen molar-refractivity contribution in [2.24, 2.45) is 7.05 Å². The maximum Gasteiger partial charge on any atom is 0.322 e. The molecule has 1 aromatic heterocycles. The molecule has 1 unspecified atom stereocenters. The molecule has 10 nitrogen and oxygen atoms in total. The van der Waals surface area contributed by atoms with Crippen molar-refractivity contribution < 1.29 is 19.5 Å². The molecule has 1 aromatic rings. The van der Waals surface area contributed by atoms with Crippen LogP contribution in [-0.2, 0) is 16.6 Å². The van der Waals surface area contributed by atoms with Crippen molar-refractivity contribution in [1.29, 1.82) is 0 Å². The lowest BCUT2D eigenvalue weighted by Gasteiger charge is -2.13. The largest absolute Gasteiger partial charge is 0.480 e. The SMILES string of the molecule is CC(NC(=O)NCC(=O)NCC(=O)O)c1nncn1C. The molecule has 4 N–H and O–H groups in total. The quantitative estimate of drug-likeness (QED) is 0.495. The third kappa shape index (κ3) is 4.92. The molecule has 1 heterocycles. The monoisotopic (exact) mass is 284 g/mol. The zero-order valence-corrected chi connectivity index (χ0v) is 11.1. The van der Waals surface area contributed by atoms with E-state index in [1.807, 2.05) is 0 Å². The molecule has 0 spiro atoms. The Hall–Kier alpha value is -2.65. The molecule has 0 aliphatic rings. The molecule has 0 bridgehead atoms. The van der Waals surface area contributed by atoms with Crippen molar-refractivity contribution in [2.75, 3.05) is 13.1 Å². The molecular formula is C10H16N6O4. The summed E-state index contributed by atoms with van der Waals surface area (Å²) < 4.78 is 1.66. The van der Waals surface area contributed by atoms with Crippen molar-refractivity contribution >= 4 is 17.9 Å². The first-order valence-corrected chi connectivity index (χ1v) is 5.77. The second-order valence-corrected chi connectivity index (χ2v) is 4.02. The van der Waals surface area contributed by atoms with Gasteiger partial charge in [0.1, 0.15) is 12.9 Å². The van der Waals surface area contributed by atoms with E-state index < -0.39 is 24.5 Å². The van der Waals surface area contributed by atoms with Gasteiger partial charge < -0.3 is 25.6 Å². The average molecular weight is 284 g/mol. The van der Waals surface area contributed by atoms with Gasteiger partial charge in [0.05, 0.1) is 12.6 Å². The van der Waals surface area contributed by atoms with Crippen LogP contribution in [0.4, 0.5) is 4.79 Å². The van der Waals surface area contributed by atoms with Crippen LogP contribution >= 0.6 is 0 Å². The zero-order valence-electron chi connectivity index (χ0n) is 11.1. The number of amides is 3. The predicted molar refractivity (Wildman–Crippen MR) is 66.6 cm³/mol. The molecule has 0 saturated heterocycles. The number of nitrogens with one attached hydrogen (secondary N) is 3. The number of rotatable bonds is 6. The Kier molecular flexibility index (Phi) is 5.44. The normalized spacial score (nSPS) is 11.5. The lowest BCUT2D eigenvalue weighted by atomic mass is 10.3. The molecule has 0 aliphatic carbocycles. The second-order valence-electron chi connectivity index (χ2n) is 4.02. The van der Waals surface area contributed by atoms with Gasteiger partial charge in [-0.2, -0.15) is 0 Å². The van der Waals surface area contributed by atoms with E-state index in [4.69, 9.17) is 5.11 Å². The van der Waals surface area contributed by atoms with Gasteiger partial charge in [-0.3, -0.25) is 9.59 Å². The predicted octanol–water partition coefficient (Wildman–Crippen LogP) is -1.62. The van der Waals surface area contributed by atoms with E-state index in [1.54, 1.807) is 18.5 Å². The number of hydrogen-bond donors (Lipinski definition) is 4. The Bertz CT molecular complexity index is 500. The summed E-state index contributed by atoms with van der Waals surface area (Å²) in [5, 5.41) is 22.9. The fraction of sp³-hybridized carbons (Fsp3) is 0.500. The molecule has 0 aliphatic heterocycles. The maximum atomic E-state index is 11.5. The highest BCUT2D eigenvalue weighted by molar-refractivity contribution is 5.86. The third-order valence-electron chi connectivity index (χ3n) is 2.33. The van der Waals surface area contributed by atoms with Gasteiger partial charge in [0, 0.05) is 7.05 Å². The van der Waals surface area contributed by atoms with E-state index in [1.165, 1.54) is 6.33 Å². The molecule has 0 saturated carbocycles. The number of carboxylic acid groups (broad SMARTS) is 1. The standard InChI is InChI=1S/C10H16N6O4/c1-6(9-15-13-5-16(9)2)14-10(20)12-3-7(17)11-4-8(18)19/h5-6H,3-4H2,1-2H3,(H,11,17)(H,18,19)(H2,12,14,20). The average Bonchev–Trinajstić information content (AvgIpc) is 2.80. The summed E-state index contributed by atoms with van der Waals surface area (Å²) in [4.78, 5) is 32.9. The summed E-state index contributed by atoms with van der Waals surface area (Å²) >= 11 is 0. The van der Waals surface area contributed by atoms with Crippen molar-refractivity contribution in [3.05, 3.63) is 12.2 Å². The summed E-state index contributed by atoms with van der Waals surface area (Å²) in [7, 11) is 1.74. The van der Waals surface area contributed by atoms with E-state index in [2.05, 4.69) is 26.1 Å². The highest BCUT2D eigenvalue weighted by Gasteiger charge is 2.14. The Labute approximate surface area is 114 Å². The lowest BCUT2D eigenvalue weighted by molar-refractivity contribution is -0.137. The van der Waals surface area contributed by atoms with Crippen LogP contribution in [0.3, 0.4) is 0 Å². The van der Waals surface area contributed by atoms with E-state index in [0.29, 0.717) is 5.82 Å².